The molecule has 0 bridgehead atoms. The fourth-order valence-electron chi connectivity index (χ4n) is 2.09. The first-order valence-corrected chi connectivity index (χ1v) is 8.91. The number of benzene rings is 1. The Bertz CT molecular complexity index is 895. The van der Waals surface area contributed by atoms with Gasteiger partial charge in [-0.25, -0.2) is 4.98 Å². The van der Waals surface area contributed by atoms with Gasteiger partial charge >= 0.3 is 0 Å². The Morgan fingerprint density at radius 2 is 2.17 bits per heavy atom. The van der Waals surface area contributed by atoms with Crippen LogP contribution >= 0.6 is 35.3 Å². The van der Waals surface area contributed by atoms with Gasteiger partial charge in [0.2, 0.25) is 0 Å². The second-order valence-corrected chi connectivity index (χ2v) is 7.33. The molecule has 4 rings (SSSR count). The van der Waals surface area contributed by atoms with E-state index in [-0.39, 0.29) is 5.91 Å². The van der Waals surface area contributed by atoms with Crippen molar-refractivity contribution in [3.8, 4) is 10.8 Å². The molecular formula is C15H9N3O2S3. The van der Waals surface area contributed by atoms with Crippen molar-refractivity contribution in [2.24, 2.45) is 5.10 Å². The molecule has 1 saturated heterocycles. The van der Waals surface area contributed by atoms with Crippen molar-refractivity contribution in [2.75, 3.05) is 5.75 Å². The number of nitrogens with zero attached hydrogens (tertiary/aromatic N) is 3. The van der Waals surface area contributed by atoms with Crippen molar-refractivity contribution in [3.05, 3.63) is 42.2 Å². The number of thiazole rings is 1. The summed E-state index contributed by atoms with van der Waals surface area (Å²) in [6.07, 6.45) is 1.49. The molecule has 1 aliphatic rings. The molecule has 0 atom stereocenters. The second-order valence-electron chi connectivity index (χ2n) is 4.69. The maximum Gasteiger partial charge on any atom is 0.259 e. The molecule has 0 saturated carbocycles. The summed E-state index contributed by atoms with van der Waals surface area (Å²) < 4.78 is 7.31. The predicted molar refractivity (Wildman–Crippen MR) is 96.8 cm³/mol. The van der Waals surface area contributed by atoms with E-state index in [1.54, 1.807) is 17.4 Å². The van der Waals surface area contributed by atoms with Gasteiger partial charge < -0.3 is 4.42 Å². The zero-order valence-electron chi connectivity index (χ0n) is 11.6. The molecule has 1 amide bonds. The normalized spacial score (nSPS) is 15.4. The SMILES string of the molecule is O=C1CSC(=S)N1/N=C\c1ccc(-c2nc3ccccc3s2)o1. The summed E-state index contributed by atoms with van der Waals surface area (Å²) >= 11 is 7.94. The molecule has 23 heavy (non-hydrogen) atoms. The molecular weight excluding hydrogens is 350 g/mol. The van der Waals surface area contributed by atoms with E-state index in [1.807, 2.05) is 30.3 Å². The minimum atomic E-state index is -0.116. The van der Waals surface area contributed by atoms with Crippen LogP contribution in [0.5, 0.6) is 0 Å². The molecule has 0 unspecified atom stereocenters. The maximum absolute atomic E-state index is 11.6. The number of para-hydroxylation sites is 1. The van der Waals surface area contributed by atoms with E-state index in [9.17, 15) is 4.79 Å². The van der Waals surface area contributed by atoms with E-state index in [4.69, 9.17) is 16.6 Å². The molecule has 0 radical (unpaired) electrons. The summed E-state index contributed by atoms with van der Waals surface area (Å²) in [5, 5.41) is 6.13. The van der Waals surface area contributed by atoms with Crippen LogP contribution in [0.25, 0.3) is 21.0 Å². The third-order valence-corrected chi connectivity index (χ3v) is 5.55. The number of carbonyl (C=O) groups is 1. The number of hydrogen-bond donors (Lipinski definition) is 0. The van der Waals surface area contributed by atoms with Gasteiger partial charge in [0, 0.05) is 0 Å². The summed E-state index contributed by atoms with van der Waals surface area (Å²) in [6, 6.07) is 11.6. The van der Waals surface area contributed by atoms with E-state index in [1.165, 1.54) is 23.0 Å². The smallest absolute Gasteiger partial charge is 0.259 e. The van der Waals surface area contributed by atoms with Crippen molar-refractivity contribution in [2.45, 2.75) is 0 Å². The highest BCUT2D eigenvalue weighted by Crippen LogP contribution is 2.30. The molecule has 1 aromatic carbocycles. The highest BCUT2D eigenvalue weighted by molar-refractivity contribution is 8.23. The number of aromatic nitrogens is 1. The van der Waals surface area contributed by atoms with E-state index in [2.05, 4.69) is 10.1 Å². The molecule has 0 aliphatic carbocycles. The van der Waals surface area contributed by atoms with E-state index in [0.29, 0.717) is 21.6 Å². The van der Waals surface area contributed by atoms with Gasteiger partial charge in [0.05, 0.1) is 22.2 Å². The summed E-state index contributed by atoms with van der Waals surface area (Å²) in [4.78, 5) is 16.1. The topological polar surface area (TPSA) is 58.7 Å². The first-order valence-electron chi connectivity index (χ1n) is 6.70. The minimum absolute atomic E-state index is 0.116. The minimum Gasteiger partial charge on any atom is -0.453 e. The molecule has 114 valence electrons. The number of carbonyl (C=O) groups excluding carboxylic acids is 1. The lowest BCUT2D eigenvalue weighted by molar-refractivity contribution is -0.123. The largest absolute Gasteiger partial charge is 0.453 e. The Labute approximate surface area is 145 Å². The fourth-order valence-corrected chi connectivity index (χ4v) is 3.98. The number of hydrazone groups is 1. The Morgan fingerprint density at radius 3 is 2.96 bits per heavy atom. The lowest BCUT2D eigenvalue weighted by Crippen LogP contribution is -2.22. The lowest BCUT2D eigenvalue weighted by atomic mass is 10.3. The zero-order chi connectivity index (χ0) is 15.8. The number of thioether (sulfide) groups is 1. The van der Waals surface area contributed by atoms with Gasteiger partial charge in [0.15, 0.2) is 15.1 Å². The van der Waals surface area contributed by atoms with Gasteiger partial charge in [-0.15, -0.1) is 11.3 Å². The standard InChI is InChI=1S/C15H9N3O2S3/c19-13-8-22-15(21)18(13)16-7-9-5-6-11(20-9)14-17-10-3-1-2-4-12(10)23-14/h1-7H,8H2/b16-7-. The van der Waals surface area contributed by atoms with Crippen LogP contribution in [-0.4, -0.2) is 32.2 Å². The molecule has 5 nitrogen and oxygen atoms in total. The Kier molecular flexibility index (Phi) is 3.72. The predicted octanol–water partition coefficient (Wildman–Crippen LogP) is 3.75. The highest BCUT2D eigenvalue weighted by Gasteiger charge is 2.26. The number of thiocarbonyl (C=S) groups is 1. The Morgan fingerprint density at radius 1 is 1.30 bits per heavy atom. The fraction of sp³-hybridized carbons (Fsp3) is 0.0667. The van der Waals surface area contributed by atoms with Crippen molar-refractivity contribution < 1.29 is 9.21 Å². The Hall–Kier alpha value is -2.03. The van der Waals surface area contributed by atoms with Gasteiger partial charge in [-0.2, -0.15) is 10.1 Å². The van der Waals surface area contributed by atoms with Gasteiger partial charge in [-0.3, -0.25) is 4.79 Å². The third kappa shape index (κ3) is 2.80. The van der Waals surface area contributed by atoms with Crippen molar-refractivity contribution in [3.63, 3.8) is 0 Å². The molecule has 2 aromatic heterocycles. The van der Waals surface area contributed by atoms with Crippen LogP contribution in [0, 0.1) is 0 Å². The molecule has 8 heteroatoms. The van der Waals surface area contributed by atoms with Crippen molar-refractivity contribution in [1.29, 1.82) is 0 Å². The van der Waals surface area contributed by atoms with Gasteiger partial charge in [0.1, 0.15) is 5.76 Å². The summed E-state index contributed by atoms with van der Waals surface area (Å²) in [7, 11) is 0. The Balaban J connectivity index is 1.59. The lowest BCUT2D eigenvalue weighted by Gasteiger charge is -2.05. The average Bonchev–Trinajstić information content (AvgIpc) is 3.25. The van der Waals surface area contributed by atoms with Crippen LogP contribution < -0.4 is 0 Å². The van der Waals surface area contributed by atoms with Gasteiger partial charge in [-0.05, 0) is 24.3 Å². The molecule has 3 heterocycles. The van der Waals surface area contributed by atoms with Crippen LogP contribution in [0.1, 0.15) is 5.76 Å². The zero-order valence-corrected chi connectivity index (χ0v) is 14.1. The molecule has 1 aliphatic heterocycles. The molecule has 0 spiro atoms. The van der Waals surface area contributed by atoms with Gasteiger partial charge in [-0.1, -0.05) is 36.1 Å². The van der Waals surface area contributed by atoms with Crippen LogP contribution in [0.3, 0.4) is 0 Å². The number of fused-ring (bicyclic) bond motifs is 1. The quantitative estimate of drug-likeness (QED) is 0.526. The van der Waals surface area contributed by atoms with Crippen LogP contribution in [-0.2, 0) is 4.79 Å². The summed E-state index contributed by atoms with van der Waals surface area (Å²) in [5.41, 5.74) is 0.948. The second kappa shape index (κ2) is 5.88. The highest BCUT2D eigenvalue weighted by atomic mass is 32.2. The number of amides is 1. The number of furan rings is 1. The maximum atomic E-state index is 11.6. The van der Waals surface area contributed by atoms with Gasteiger partial charge in [0.25, 0.3) is 5.91 Å². The number of hydrogen-bond acceptors (Lipinski definition) is 7. The first kappa shape index (κ1) is 14.6. The first-order chi connectivity index (χ1) is 11.2. The van der Waals surface area contributed by atoms with E-state index < -0.39 is 0 Å². The molecule has 1 fully saturated rings. The van der Waals surface area contributed by atoms with Crippen LogP contribution in [0.2, 0.25) is 0 Å². The number of rotatable bonds is 3. The molecule has 3 aromatic rings. The summed E-state index contributed by atoms with van der Waals surface area (Å²) in [6.45, 7) is 0. The monoisotopic (exact) mass is 359 g/mol. The third-order valence-electron chi connectivity index (χ3n) is 3.16. The average molecular weight is 359 g/mol. The molecule has 0 N–H and O–H groups in total. The van der Waals surface area contributed by atoms with Crippen LogP contribution in [0.4, 0.5) is 0 Å². The summed E-state index contributed by atoms with van der Waals surface area (Å²) in [5.74, 6) is 1.45. The van der Waals surface area contributed by atoms with Crippen LogP contribution in [0.15, 0.2) is 45.9 Å². The van der Waals surface area contributed by atoms with Crippen molar-refractivity contribution >= 4 is 62.0 Å². The van der Waals surface area contributed by atoms with E-state index in [0.717, 1.165) is 15.2 Å². The van der Waals surface area contributed by atoms with E-state index >= 15 is 0 Å². The van der Waals surface area contributed by atoms with Crippen molar-refractivity contribution in [1.82, 2.24) is 9.99 Å².